The van der Waals surface area contributed by atoms with Crippen LogP contribution in [0.2, 0.25) is 0 Å². The van der Waals surface area contributed by atoms with Crippen LogP contribution >= 0.6 is 0 Å². The van der Waals surface area contributed by atoms with E-state index in [1.165, 1.54) is 24.3 Å². The number of phenolic OH excluding ortho intramolecular Hbond substituents is 3. The predicted octanol–water partition coefficient (Wildman–Crippen LogP) is -0.311. The van der Waals surface area contributed by atoms with E-state index < -0.39 is 54.9 Å². The van der Waals surface area contributed by atoms with Crippen molar-refractivity contribution in [2.45, 2.75) is 43.2 Å². The number of rotatable bonds is 4. The van der Waals surface area contributed by atoms with Gasteiger partial charge in [-0.15, -0.1) is 0 Å². The summed E-state index contributed by atoms with van der Waals surface area (Å²) in [5, 5.41) is 69.0. The lowest BCUT2D eigenvalue weighted by Crippen LogP contribution is -2.60. The van der Waals surface area contributed by atoms with Gasteiger partial charge in [0.2, 0.25) is 6.29 Å². The number of ether oxygens (including phenoxy) is 3. The number of carbonyl (C=O) groups excluding carboxylic acids is 1. The van der Waals surface area contributed by atoms with E-state index in [0.29, 0.717) is 5.56 Å². The molecular formula is C21H22O11. The Morgan fingerprint density at radius 1 is 0.969 bits per heavy atom. The molecule has 0 amide bonds. The van der Waals surface area contributed by atoms with E-state index in [4.69, 9.17) is 14.2 Å². The summed E-state index contributed by atoms with van der Waals surface area (Å²) in [5.41, 5.74) is 0.347. The van der Waals surface area contributed by atoms with Crippen molar-refractivity contribution in [3.05, 3.63) is 41.5 Å². The van der Waals surface area contributed by atoms with Crippen LogP contribution in [0.3, 0.4) is 0 Å². The van der Waals surface area contributed by atoms with Gasteiger partial charge in [0.15, 0.2) is 17.3 Å². The largest absolute Gasteiger partial charge is 0.508 e. The van der Waals surface area contributed by atoms with Crippen molar-refractivity contribution >= 4 is 5.78 Å². The number of hydrogen-bond donors (Lipinski definition) is 7. The van der Waals surface area contributed by atoms with E-state index in [1.54, 1.807) is 0 Å². The highest BCUT2D eigenvalue weighted by atomic mass is 16.7. The minimum absolute atomic E-state index is 0.00627. The molecule has 2 aliphatic heterocycles. The average Bonchev–Trinajstić information content (AvgIpc) is 2.74. The molecule has 0 spiro atoms. The average molecular weight is 450 g/mol. The van der Waals surface area contributed by atoms with Crippen LogP contribution in [-0.2, 0) is 4.74 Å². The molecule has 11 nitrogen and oxygen atoms in total. The fourth-order valence-corrected chi connectivity index (χ4v) is 3.73. The fourth-order valence-electron chi connectivity index (χ4n) is 3.73. The van der Waals surface area contributed by atoms with Gasteiger partial charge in [0, 0.05) is 12.1 Å². The van der Waals surface area contributed by atoms with Crippen LogP contribution in [0.5, 0.6) is 28.7 Å². The van der Waals surface area contributed by atoms with Crippen LogP contribution in [0.1, 0.15) is 28.4 Å². The third kappa shape index (κ3) is 3.92. The maximum Gasteiger partial charge on any atom is 0.229 e. The molecule has 6 atom stereocenters. The monoisotopic (exact) mass is 450 g/mol. The van der Waals surface area contributed by atoms with Gasteiger partial charge in [-0.25, -0.2) is 0 Å². The third-order valence-corrected chi connectivity index (χ3v) is 5.43. The molecular weight excluding hydrogens is 428 g/mol. The normalized spacial score (nSPS) is 29.8. The number of aliphatic hydroxyl groups excluding tert-OH is 4. The highest BCUT2D eigenvalue weighted by molar-refractivity contribution is 6.02. The van der Waals surface area contributed by atoms with Crippen molar-refractivity contribution in [2.24, 2.45) is 0 Å². The first-order valence-corrected chi connectivity index (χ1v) is 9.75. The smallest absolute Gasteiger partial charge is 0.229 e. The second-order valence-electron chi connectivity index (χ2n) is 7.61. The molecule has 32 heavy (non-hydrogen) atoms. The SMILES string of the molecule is O=C1CC(c2ccc(O)c(O[C@@H]3O[C@H](CO)[C@@H](O)[C@H](O)[C@H]3O)c2)Oc2cc(O)cc(O)c21. The summed E-state index contributed by atoms with van der Waals surface area (Å²) in [6.45, 7) is -0.645. The second kappa shape index (κ2) is 8.45. The summed E-state index contributed by atoms with van der Waals surface area (Å²) in [7, 11) is 0. The Hall–Kier alpha value is -3.09. The Labute approximate surface area is 181 Å². The molecule has 7 N–H and O–H groups in total. The molecule has 1 unspecified atom stereocenters. The van der Waals surface area contributed by atoms with E-state index in [2.05, 4.69) is 0 Å². The fraction of sp³-hybridized carbons (Fsp3) is 0.381. The summed E-state index contributed by atoms with van der Waals surface area (Å²) < 4.78 is 16.5. The van der Waals surface area contributed by atoms with Gasteiger partial charge in [0.05, 0.1) is 13.0 Å². The summed E-state index contributed by atoms with van der Waals surface area (Å²) in [4.78, 5) is 12.5. The van der Waals surface area contributed by atoms with Gasteiger partial charge in [-0.2, -0.15) is 0 Å². The molecule has 2 aromatic carbocycles. The number of benzene rings is 2. The van der Waals surface area contributed by atoms with Gasteiger partial charge in [-0.1, -0.05) is 6.07 Å². The maximum absolute atomic E-state index is 12.5. The van der Waals surface area contributed by atoms with Crippen LogP contribution in [0, 0.1) is 0 Å². The highest BCUT2D eigenvalue weighted by Crippen LogP contribution is 2.43. The number of phenols is 3. The van der Waals surface area contributed by atoms with Crippen molar-refractivity contribution in [1.82, 2.24) is 0 Å². The van der Waals surface area contributed by atoms with Gasteiger partial charge in [-0.05, 0) is 17.7 Å². The first kappa shape index (κ1) is 22.1. The van der Waals surface area contributed by atoms with Gasteiger partial charge >= 0.3 is 0 Å². The van der Waals surface area contributed by atoms with E-state index in [-0.39, 0.29) is 35.0 Å². The van der Waals surface area contributed by atoms with Crippen molar-refractivity contribution < 1.29 is 54.8 Å². The molecule has 172 valence electrons. The minimum Gasteiger partial charge on any atom is -0.508 e. The number of fused-ring (bicyclic) bond motifs is 1. The van der Waals surface area contributed by atoms with Crippen LogP contribution in [0.15, 0.2) is 30.3 Å². The molecule has 4 rings (SSSR count). The summed E-state index contributed by atoms with van der Waals surface area (Å²) in [6, 6.07) is 6.31. The molecule has 0 saturated carbocycles. The van der Waals surface area contributed by atoms with Crippen LogP contribution < -0.4 is 9.47 Å². The molecule has 0 aromatic heterocycles. The van der Waals surface area contributed by atoms with E-state index in [9.17, 15) is 40.5 Å². The van der Waals surface area contributed by atoms with E-state index >= 15 is 0 Å². The number of ketones is 1. The molecule has 0 aliphatic carbocycles. The number of Topliss-reactive ketones (excluding diaryl/α,β-unsaturated/α-hetero) is 1. The van der Waals surface area contributed by atoms with Gasteiger partial charge < -0.3 is 50.0 Å². The zero-order valence-electron chi connectivity index (χ0n) is 16.5. The first-order chi connectivity index (χ1) is 15.2. The number of hydrogen-bond acceptors (Lipinski definition) is 11. The summed E-state index contributed by atoms with van der Waals surface area (Å²) in [6.07, 6.45) is -8.60. The minimum atomic E-state index is -1.68. The van der Waals surface area contributed by atoms with Gasteiger partial charge in [-0.3, -0.25) is 4.79 Å². The Morgan fingerprint density at radius 2 is 1.72 bits per heavy atom. The Balaban J connectivity index is 1.59. The second-order valence-corrected chi connectivity index (χ2v) is 7.61. The van der Waals surface area contributed by atoms with E-state index in [0.717, 1.165) is 6.07 Å². The molecule has 11 heteroatoms. The molecule has 2 heterocycles. The molecule has 2 aromatic rings. The zero-order chi connectivity index (χ0) is 23.2. The van der Waals surface area contributed by atoms with Crippen molar-refractivity contribution in [1.29, 1.82) is 0 Å². The number of aliphatic hydroxyl groups is 4. The zero-order valence-corrected chi connectivity index (χ0v) is 16.5. The summed E-state index contributed by atoms with van der Waals surface area (Å²) in [5.74, 6) is -1.63. The van der Waals surface area contributed by atoms with Crippen molar-refractivity contribution in [3.63, 3.8) is 0 Å². The Morgan fingerprint density at radius 3 is 2.44 bits per heavy atom. The third-order valence-electron chi connectivity index (χ3n) is 5.43. The standard InChI is InChI=1S/C21H22O11/c22-7-16-18(27)19(28)20(29)21(32-16)31-14-3-8(1-2-10(14)24)13-6-12(26)17-11(25)4-9(23)5-15(17)30-13/h1-5,13,16,18-25,27-29H,6-7H2/t13?,16-,18-,19+,20-,21-/m1/s1. The van der Waals surface area contributed by atoms with Gasteiger partial charge in [0.1, 0.15) is 53.3 Å². The molecule has 0 bridgehead atoms. The Bertz CT molecular complexity index is 1020. The quantitative estimate of drug-likeness (QED) is 0.324. The van der Waals surface area contributed by atoms with Crippen molar-refractivity contribution in [2.75, 3.05) is 6.61 Å². The predicted molar refractivity (Wildman–Crippen MR) is 105 cm³/mol. The first-order valence-electron chi connectivity index (χ1n) is 9.75. The number of carbonyl (C=O) groups is 1. The Kier molecular flexibility index (Phi) is 5.84. The topological polar surface area (TPSA) is 186 Å². The lowest BCUT2D eigenvalue weighted by molar-refractivity contribution is -0.277. The van der Waals surface area contributed by atoms with Crippen LogP contribution in [-0.4, -0.2) is 78.8 Å². The molecule has 2 aliphatic rings. The molecule has 1 saturated heterocycles. The van der Waals surface area contributed by atoms with E-state index in [1.807, 2.05) is 0 Å². The lowest BCUT2D eigenvalue weighted by Gasteiger charge is -2.39. The number of aromatic hydroxyl groups is 3. The summed E-state index contributed by atoms with van der Waals surface area (Å²) >= 11 is 0. The van der Waals surface area contributed by atoms with Crippen LogP contribution in [0.25, 0.3) is 0 Å². The highest BCUT2D eigenvalue weighted by Gasteiger charge is 2.45. The van der Waals surface area contributed by atoms with Crippen molar-refractivity contribution in [3.8, 4) is 28.7 Å². The maximum atomic E-state index is 12.5. The van der Waals surface area contributed by atoms with Gasteiger partial charge in [0.25, 0.3) is 0 Å². The lowest BCUT2D eigenvalue weighted by atomic mass is 9.95. The van der Waals surface area contributed by atoms with Crippen LogP contribution in [0.4, 0.5) is 0 Å². The molecule has 0 radical (unpaired) electrons. The molecule has 1 fully saturated rings.